The minimum Gasteiger partial charge on any atom is -0.497 e. The minimum atomic E-state index is -2.17. The Labute approximate surface area is 270 Å². The Morgan fingerprint density at radius 3 is 2.07 bits per heavy atom. The van der Waals surface area contributed by atoms with Crippen molar-refractivity contribution in [3.63, 3.8) is 0 Å². The molecule has 0 bridgehead atoms. The van der Waals surface area contributed by atoms with E-state index in [1.54, 1.807) is 31.4 Å². The van der Waals surface area contributed by atoms with Gasteiger partial charge in [-0.15, -0.1) is 0 Å². The third-order valence-electron chi connectivity index (χ3n) is 7.60. The Balaban J connectivity index is 1.35. The lowest BCUT2D eigenvalue weighted by atomic mass is 9.95. The van der Waals surface area contributed by atoms with E-state index in [0.29, 0.717) is 72.7 Å². The first-order chi connectivity index (χ1) is 22.6. The van der Waals surface area contributed by atoms with E-state index in [4.69, 9.17) is 37.3 Å². The monoisotopic (exact) mass is 644 g/mol. The lowest BCUT2D eigenvalue weighted by Crippen LogP contribution is -2.22. The summed E-state index contributed by atoms with van der Waals surface area (Å²) in [6.07, 6.45) is 0.720. The Morgan fingerprint density at radius 1 is 0.739 bits per heavy atom. The second-order valence-corrected chi connectivity index (χ2v) is 11.7. The molecular formula is C36H37O9P. The number of ether oxygens (including phenoxy) is 5. The highest BCUT2D eigenvalue weighted by Gasteiger charge is 2.30. The SMILES string of the molecule is CCCc1cc(OC)ccc1C(=O)c1ccccc1OP(Oc1ccccc1C1COCCO1)Oc1ccccc1C1OCCO1. The summed E-state index contributed by atoms with van der Waals surface area (Å²) in [5.41, 5.74) is 3.40. The molecule has 2 unspecified atom stereocenters. The van der Waals surface area contributed by atoms with Crippen LogP contribution in [-0.2, 0) is 25.4 Å². The average molecular weight is 645 g/mol. The van der Waals surface area contributed by atoms with Gasteiger partial charge in [0.1, 0.15) is 29.1 Å². The van der Waals surface area contributed by atoms with Crippen molar-refractivity contribution in [2.75, 3.05) is 40.1 Å². The smallest absolute Gasteiger partial charge is 0.497 e. The van der Waals surface area contributed by atoms with Crippen molar-refractivity contribution >= 4 is 14.4 Å². The fourth-order valence-corrected chi connectivity index (χ4v) is 6.45. The summed E-state index contributed by atoms with van der Waals surface area (Å²) in [4.78, 5) is 14.1. The first kappa shape index (κ1) is 32.0. The van der Waals surface area contributed by atoms with Gasteiger partial charge in [0.15, 0.2) is 12.1 Å². The van der Waals surface area contributed by atoms with Gasteiger partial charge in [0.25, 0.3) is 0 Å². The van der Waals surface area contributed by atoms with Crippen LogP contribution in [0, 0.1) is 0 Å². The fourth-order valence-electron chi connectivity index (χ4n) is 5.36. The number of hydrogen-bond acceptors (Lipinski definition) is 9. The van der Waals surface area contributed by atoms with Gasteiger partial charge in [-0.05, 0) is 54.4 Å². The normalized spacial score (nSPS) is 17.3. The molecule has 240 valence electrons. The van der Waals surface area contributed by atoms with Gasteiger partial charge in [0.2, 0.25) is 0 Å². The third-order valence-corrected chi connectivity index (χ3v) is 8.64. The molecule has 0 aliphatic carbocycles. The number of carbonyl (C=O) groups is 1. The van der Waals surface area contributed by atoms with Crippen molar-refractivity contribution in [3.05, 3.63) is 119 Å². The summed E-state index contributed by atoms with van der Waals surface area (Å²) < 4.78 is 48.2. The van der Waals surface area contributed by atoms with E-state index in [2.05, 4.69) is 6.92 Å². The van der Waals surface area contributed by atoms with E-state index < -0.39 is 14.9 Å². The summed E-state index contributed by atoms with van der Waals surface area (Å²) in [6.45, 7) is 4.47. The van der Waals surface area contributed by atoms with Crippen molar-refractivity contribution < 1.29 is 42.1 Å². The molecule has 4 aromatic carbocycles. The van der Waals surface area contributed by atoms with Gasteiger partial charge in [-0.3, -0.25) is 4.79 Å². The molecule has 46 heavy (non-hydrogen) atoms. The first-order valence-corrected chi connectivity index (χ1v) is 16.5. The van der Waals surface area contributed by atoms with Crippen LogP contribution in [-0.4, -0.2) is 45.9 Å². The van der Waals surface area contributed by atoms with Crippen molar-refractivity contribution in [1.82, 2.24) is 0 Å². The molecule has 0 saturated carbocycles. The van der Waals surface area contributed by atoms with Crippen LogP contribution in [0.3, 0.4) is 0 Å². The van der Waals surface area contributed by atoms with E-state index >= 15 is 0 Å². The standard InChI is InChI=1S/C36H37O9P/c1-3-10-25-23-26(38-2)17-18-27(25)35(37)29-12-5-8-15-32(29)44-46(45-33-16-9-6-13-30(33)36-41-21-22-42-36)43-31-14-7-4-11-28(31)34-24-39-19-20-40-34/h4-9,11-18,23,34,36H,3,10,19-22,24H2,1-2H3. The highest BCUT2D eigenvalue weighted by atomic mass is 31.2. The molecular weight excluding hydrogens is 607 g/mol. The highest BCUT2D eigenvalue weighted by molar-refractivity contribution is 7.43. The lowest BCUT2D eigenvalue weighted by molar-refractivity contribution is -0.0905. The molecule has 2 aliphatic rings. The summed E-state index contributed by atoms with van der Waals surface area (Å²) in [5.74, 6) is 1.88. The number of hydrogen-bond donors (Lipinski definition) is 0. The summed E-state index contributed by atoms with van der Waals surface area (Å²) in [6, 6.07) is 27.7. The van der Waals surface area contributed by atoms with Crippen molar-refractivity contribution in [2.45, 2.75) is 32.2 Å². The zero-order valence-corrected chi connectivity index (χ0v) is 26.8. The Hall–Kier alpha value is -3.98. The molecule has 4 aromatic rings. The third kappa shape index (κ3) is 7.52. The molecule has 0 amide bonds. The first-order valence-electron chi connectivity index (χ1n) is 15.4. The van der Waals surface area contributed by atoms with E-state index in [9.17, 15) is 4.79 Å². The van der Waals surface area contributed by atoms with Crippen LogP contribution in [0.25, 0.3) is 0 Å². The largest absolute Gasteiger partial charge is 0.530 e. The maximum Gasteiger partial charge on any atom is 0.530 e. The topological polar surface area (TPSA) is 90.9 Å². The van der Waals surface area contributed by atoms with Crippen molar-refractivity contribution in [3.8, 4) is 23.0 Å². The van der Waals surface area contributed by atoms with Gasteiger partial charge in [-0.2, -0.15) is 0 Å². The molecule has 0 aromatic heterocycles. The van der Waals surface area contributed by atoms with Gasteiger partial charge in [0, 0.05) is 11.1 Å². The predicted molar refractivity (Wildman–Crippen MR) is 173 cm³/mol. The van der Waals surface area contributed by atoms with Crippen LogP contribution in [0.2, 0.25) is 0 Å². The van der Waals surface area contributed by atoms with Crippen LogP contribution >= 0.6 is 8.60 Å². The van der Waals surface area contributed by atoms with E-state index in [-0.39, 0.29) is 11.9 Å². The van der Waals surface area contributed by atoms with Crippen LogP contribution in [0.4, 0.5) is 0 Å². The van der Waals surface area contributed by atoms with Gasteiger partial charge in [0.05, 0.1) is 51.3 Å². The van der Waals surface area contributed by atoms with E-state index in [1.807, 2.05) is 66.7 Å². The van der Waals surface area contributed by atoms with Crippen LogP contribution in [0.15, 0.2) is 91.0 Å². The maximum absolute atomic E-state index is 14.1. The maximum atomic E-state index is 14.1. The molecule has 0 radical (unpaired) electrons. The second kappa shape index (κ2) is 15.5. The molecule has 2 aliphatic heterocycles. The molecule has 2 heterocycles. The zero-order valence-electron chi connectivity index (χ0n) is 25.9. The number of aryl methyl sites for hydroxylation is 1. The van der Waals surface area contributed by atoms with Gasteiger partial charge in [-0.25, -0.2) is 0 Å². The quantitative estimate of drug-likeness (QED) is 0.107. The second-order valence-electron chi connectivity index (χ2n) is 10.7. The van der Waals surface area contributed by atoms with Crippen molar-refractivity contribution in [1.29, 1.82) is 0 Å². The van der Waals surface area contributed by atoms with Gasteiger partial charge >= 0.3 is 8.60 Å². The molecule has 9 nitrogen and oxygen atoms in total. The Bertz CT molecular complexity index is 1610. The molecule has 6 rings (SSSR count). The Morgan fingerprint density at radius 2 is 1.37 bits per heavy atom. The number of rotatable bonds is 13. The number of methoxy groups -OCH3 is 1. The van der Waals surface area contributed by atoms with Crippen LogP contribution in [0.1, 0.15) is 58.4 Å². The minimum absolute atomic E-state index is 0.169. The molecule has 10 heteroatoms. The molecule has 2 fully saturated rings. The average Bonchev–Trinajstić information content (AvgIpc) is 3.64. The summed E-state index contributed by atoms with van der Waals surface area (Å²) in [7, 11) is -0.551. The fraction of sp³-hybridized carbons (Fsp3) is 0.306. The van der Waals surface area contributed by atoms with Crippen LogP contribution in [0.5, 0.6) is 23.0 Å². The van der Waals surface area contributed by atoms with Crippen LogP contribution < -0.4 is 18.3 Å². The Kier molecular flexibility index (Phi) is 10.8. The molecule has 0 spiro atoms. The van der Waals surface area contributed by atoms with Crippen molar-refractivity contribution in [2.24, 2.45) is 0 Å². The molecule has 2 atom stereocenters. The molecule has 2 saturated heterocycles. The number of ketones is 1. The summed E-state index contributed by atoms with van der Waals surface area (Å²) >= 11 is 0. The predicted octanol–water partition coefficient (Wildman–Crippen LogP) is 7.78. The van der Waals surface area contributed by atoms with Gasteiger partial charge in [-0.1, -0.05) is 61.9 Å². The summed E-state index contributed by atoms with van der Waals surface area (Å²) in [5, 5.41) is 0. The number of para-hydroxylation sites is 3. The van der Waals surface area contributed by atoms with E-state index in [0.717, 1.165) is 24.0 Å². The lowest BCUT2D eigenvalue weighted by Gasteiger charge is -2.26. The number of benzene rings is 4. The number of carbonyl (C=O) groups excluding carboxylic acids is 1. The van der Waals surface area contributed by atoms with Gasteiger partial charge < -0.3 is 37.3 Å². The zero-order chi connectivity index (χ0) is 31.7. The highest BCUT2D eigenvalue weighted by Crippen LogP contribution is 2.47. The molecule has 0 N–H and O–H groups in total. The van der Waals surface area contributed by atoms with E-state index in [1.165, 1.54) is 0 Å².